The van der Waals surface area contributed by atoms with Gasteiger partial charge in [0.05, 0.1) is 12.3 Å². The van der Waals surface area contributed by atoms with Gasteiger partial charge in [0.15, 0.2) is 0 Å². The van der Waals surface area contributed by atoms with Crippen molar-refractivity contribution in [3.63, 3.8) is 0 Å². The van der Waals surface area contributed by atoms with Gasteiger partial charge in [0, 0.05) is 24.3 Å². The molecule has 2 aromatic heterocycles. The van der Waals surface area contributed by atoms with E-state index in [9.17, 15) is 8.42 Å². The molecule has 2 N–H and O–H groups in total. The first-order valence-corrected chi connectivity index (χ1v) is 7.26. The smallest absolute Gasteiger partial charge is 0.263 e. The summed E-state index contributed by atoms with van der Waals surface area (Å²) in [7, 11) is -1.88. The largest absolute Gasteiger partial charge is 0.390 e. The normalized spacial score (nSPS) is 11.6. The van der Waals surface area contributed by atoms with Crippen LogP contribution in [0.5, 0.6) is 0 Å². The summed E-state index contributed by atoms with van der Waals surface area (Å²) in [5.41, 5.74) is 1.10. The Labute approximate surface area is 103 Å². The minimum absolute atomic E-state index is 0.148. The molecule has 0 unspecified atom stereocenters. The zero-order valence-electron chi connectivity index (χ0n) is 9.12. The van der Waals surface area contributed by atoms with Gasteiger partial charge in [-0.2, -0.15) is 11.3 Å². The molecule has 0 atom stereocenters. The number of anilines is 1. The third kappa shape index (κ3) is 2.51. The maximum Gasteiger partial charge on any atom is 0.263 e. The highest BCUT2D eigenvalue weighted by Crippen LogP contribution is 2.19. The van der Waals surface area contributed by atoms with Crippen LogP contribution in [0.1, 0.15) is 5.69 Å². The zero-order chi connectivity index (χ0) is 12.5. The first-order valence-electron chi connectivity index (χ1n) is 4.84. The van der Waals surface area contributed by atoms with E-state index in [1.165, 1.54) is 23.6 Å². The van der Waals surface area contributed by atoms with Gasteiger partial charge in [0.25, 0.3) is 10.0 Å². The topological polar surface area (TPSA) is 71.3 Å². The number of hydrogen-bond donors (Lipinski definition) is 2. The summed E-state index contributed by atoms with van der Waals surface area (Å²) >= 11 is 1.42. The fourth-order valence-corrected chi connectivity index (χ4v) is 3.22. The first kappa shape index (κ1) is 12.2. The van der Waals surface area contributed by atoms with Crippen molar-refractivity contribution in [2.45, 2.75) is 11.5 Å². The number of aliphatic hydroxyl groups is 1. The Morgan fingerprint density at radius 2 is 2.29 bits per heavy atom. The maximum absolute atomic E-state index is 12.0. The van der Waals surface area contributed by atoms with Gasteiger partial charge in [0.1, 0.15) is 4.90 Å². The average molecular weight is 272 g/mol. The second-order valence-electron chi connectivity index (χ2n) is 3.55. The number of sulfonamides is 1. The predicted molar refractivity (Wildman–Crippen MR) is 66.5 cm³/mol. The number of thiophene rings is 1. The Balaban J connectivity index is 2.31. The standard InChI is InChI=1S/C10H12N2O3S2/c1-12-5-10(4-9(12)6-13)17(14,15)11-8-2-3-16-7-8/h2-5,7,11,13H,6H2,1H3. The van der Waals surface area contributed by atoms with Crippen LogP contribution >= 0.6 is 11.3 Å². The molecule has 17 heavy (non-hydrogen) atoms. The minimum Gasteiger partial charge on any atom is -0.390 e. The van der Waals surface area contributed by atoms with E-state index in [1.807, 2.05) is 0 Å². The van der Waals surface area contributed by atoms with Crippen LogP contribution in [0, 0.1) is 0 Å². The van der Waals surface area contributed by atoms with Crippen molar-refractivity contribution in [2.75, 3.05) is 4.72 Å². The molecule has 7 heteroatoms. The molecule has 0 aliphatic heterocycles. The lowest BCUT2D eigenvalue weighted by Crippen LogP contribution is -2.11. The summed E-state index contributed by atoms with van der Waals surface area (Å²) in [6.45, 7) is -0.190. The molecule has 92 valence electrons. The molecule has 0 aliphatic rings. The minimum atomic E-state index is -3.57. The molecule has 0 aliphatic carbocycles. The van der Waals surface area contributed by atoms with Gasteiger partial charge in [-0.3, -0.25) is 4.72 Å². The van der Waals surface area contributed by atoms with Gasteiger partial charge >= 0.3 is 0 Å². The molecular weight excluding hydrogens is 260 g/mol. The summed E-state index contributed by atoms with van der Waals surface area (Å²) in [4.78, 5) is 0.148. The van der Waals surface area contributed by atoms with Crippen molar-refractivity contribution < 1.29 is 13.5 Å². The monoisotopic (exact) mass is 272 g/mol. The highest BCUT2D eigenvalue weighted by molar-refractivity contribution is 7.92. The molecule has 2 rings (SSSR count). The lowest BCUT2D eigenvalue weighted by molar-refractivity contribution is 0.272. The molecule has 0 bridgehead atoms. The Morgan fingerprint density at radius 1 is 1.53 bits per heavy atom. The number of nitrogens with zero attached hydrogens (tertiary/aromatic N) is 1. The Bertz CT molecular complexity index is 600. The van der Waals surface area contributed by atoms with Crippen molar-refractivity contribution in [1.82, 2.24) is 4.57 Å². The van der Waals surface area contributed by atoms with Gasteiger partial charge in [0.2, 0.25) is 0 Å². The Kier molecular flexibility index (Phi) is 3.23. The SMILES string of the molecule is Cn1cc(S(=O)(=O)Nc2ccsc2)cc1CO. The third-order valence-corrected chi connectivity index (χ3v) is 4.36. The second kappa shape index (κ2) is 4.52. The highest BCUT2D eigenvalue weighted by Gasteiger charge is 2.17. The molecule has 5 nitrogen and oxygen atoms in total. The first-order chi connectivity index (χ1) is 8.03. The average Bonchev–Trinajstić information content (AvgIpc) is 2.87. The van der Waals surface area contributed by atoms with E-state index in [4.69, 9.17) is 5.11 Å². The molecule has 0 saturated carbocycles. The van der Waals surface area contributed by atoms with Crippen LogP contribution in [0.3, 0.4) is 0 Å². The third-order valence-electron chi connectivity index (χ3n) is 2.33. The van der Waals surface area contributed by atoms with E-state index < -0.39 is 10.0 Å². The molecule has 0 saturated heterocycles. The molecule has 2 aromatic rings. The van der Waals surface area contributed by atoms with E-state index in [2.05, 4.69) is 4.72 Å². The molecule has 0 aromatic carbocycles. The van der Waals surface area contributed by atoms with E-state index >= 15 is 0 Å². The lowest BCUT2D eigenvalue weighted by Gasteiger charge is -2.03. The van der Waals surface area contributed by atoms with Crippen molar-refractivity contribution in [2.24, 2.45) is 7.05 Å². The highest BCUT2D eigenvalue weighted by atomic mass is 32.2. The summed E-state index contributed by atoms with van der Waals surface area (Å²) in [5.74, 6) is 0. The predicted octanol–water partition coefficient (Wildman–Crippen LogP) is 1.38. The summed E-state index contributed by atoms with van der Waals surface area (Å²) in [6, 6.07) is 3.15. The van der Waals surface area contributed by atoms with Crippen LogP contribution in [0.15, 0.2) is 34.0 Å². The Hall–Kier alpha value is -1.31. The molecule has 0 fully saturated rings. The van der Waals surface area contributed by atoms with Crippen LogP contribution in [0.4, 0.5) is 5.69 Å². The van der Waals surface area contributed by atoms with E-state index in [0.717, 1.165) is 0 Å². The molecular formula is C10H12N2O3S2. The van der Waals surface area contributed by atoms with Gasteiger partial charge in [-0.25, -0.2) is 8.42 Å². The number of aryl methyl sites for hydroxylation is 1. The van der Waals surface area contributed by atoms with Crippen LogP contribution in [0.25, 0.3) is 0 Å². The number of nitrogens with one attached hydrogen (secondary N) is 1. The van der Waals surface area contributed by atoms with Gasteiger partial charge < -0.3 is 9.67 Å². The van der Waals surface area contributed by atoms with Gasteiger partial charge in [-0.15, -0.1) is 0 Å². The van der Waals surface area contributed by atoms with Crippen LogP contribution in [-0.2, 0) is 23.7 Å². The summed E-state index contributed by atoms with van der Waals surface area (Å²) < 4.78 is 28.0. The van der Waals surface area contributed by atoms with Crippen molar-refractivity contribution in [3.05, 3.63) is 34.8 Å². The van der Waals surface area contributed by atoms with Gasteiger partial charge in [-0.1, -0.05) is 0 Å². The lowest BCUT2D eigenvalue weighted by atomic mass is 10.5. The molecule has 2 heterocycles. The van der Waals surface area contributed by atoms with Crippen molar-refractivity contribution in [1.29, 1.82) is 0 Å². The fraction of sp³-hybridized carbons (Fsp3) is 0.200. The molecule has 0 spiro atoms. The number of rotatable bonds is 4. The summed E-state index contributed by atoms with van der Waals surface area (Å²) in [5, 5.41) is 12.5. The number of hydrogen-bond acceptors (Lipinski definition) is 4. The van der Waals surface area contributed by atoms with Gasteiger partial charge in [-0.05, 0) is 17.5 Å². The summed E-state index contributed by atoms with van der Waals surface area (Å²) in [6.07, 6.45) is 1.47. The quantitative estimate of drug-likeness (QED) is 0.883. The van der Waals surface area contributed by atoms with E-state index in [-0.39, 0.29) is 11.5 Å². The van der Waals surface area contributed by atoms with Crippen molar-refractivity contribution >= 4 is 27.0 Å². The van der Waals surface area contributed by atoms with Crippen molar-refractivity contribution in [3.8, 4) is 0 Å². The van der Waals surface area contributed by atoms with Crippen LogP contribution in [-0.4, -0.2) is 18.1 Å². The van der Waals surface area contributed by atoms with Crippen LogP contribution < -0.4 is 4.72 Å². The molecule has 0 radical (unpaired) electrons. The fourth-order valence-electron chi connectivity index (χ4n) is 1.42. The zero-order valence-corrected chi connectivity index (χ0v) is 10.8. The number of aliphatic hydroxyl groups excluding tert-OH is 1. The van der Waals surface area contributed by atoms with E-state index in [1.54, 1.807) is 28.4 Å². The number of aromatic nitrogens is 1. The maximum atomic E-state index is 12.0. The van der Waals surface area contributed by atoms with E-state index in [0.29, 0.717) is 11.4 Å². The van der Waals surface area contributed by atoms with Crippen LogP contribution in [0.2, 0.25) is 0 Å². The second-order valence-corrected chi connectivity index (χ2v) is 6.02. The Morgan fingerprint density at radius 3 is 2.82 bits per heavy atom. The molecule has 0 amide bonds.